The van der Waals surface area contributed by atoms with Gasteiger partial charge in [0, 0.05) is 18.5 Å². The Hall–Kier alpha value is -2.74. The van der Waals surface area contributed by atoms with Crippen molar-refractivity contribution in [2.75, 3.05) is 19.7 Å². The van der Waals surface area contributed by atoms with Gasteiger partial charge in [-0.05, 0) is 19.9 Å². The standard InChI is InChI=1S/C18H21N3O5/c1-11-8-21(9-12(2)26-11)16(22)10-25-17(23)7-15-13-5-3-4-6-14(13)18(24)20-19-15/h3-6,11-12H,7-10H2,1-2H3,(H,20,24)/t11-,12-/m1/s1. The summed E-state index contributed by atoms with van der Waals surface area (Å²) in [4.78, 5) is 37.7. The van der Waals surface area contributed by atoms with Crippen molar-refractivity contribution < 1.29 is 19.1 Å². The quantitative estimate of drug-likeness (QED) is 0.804. The van der Waals surface area contributed by atoms with E-state index >= 15 is 0 Å². The number of nitrogens with zero attached hydrogens (tertiary/aromatic N) is 2. The molecule has 8 nitrogen and oxygen atoms in total. The molecule has 1 saturated heterocycles. The van der Waals surface area contributed by atoms with Crippen molar-refractivity contribution in [1.29, 1.82) is 0 Å². The first-order valence-corrected chi connectivity index (χ1v) is 8.49. The second-order valence-corrected chi connectivity index (χ2v) is 6.44. The van der Waals surface area contributed by atoms with Gasteiger partial charge in [0.05, 0.1) is 29.7 Å². The molecule has 138 valence electrons. The lowest BCUT2D eigenvalue weighted by atomic mass is 10.1. The molecule has 0 aliphatic carbocycles. The summed E-state index contributed by atoms with van der Waals surface area (Å²) < 4.78 is 10.7. The molecule has 1 aliphatic rings. The largest absolute Gasteiger partial charge is 0.455 e. The lowest BCUT2D eigenvalue weighted by molar-refractivity contribution is -0.156. The molecule has 8 heteroatoms. The molecule has 0 radical (unpaired) electrons. The Balaban J connectivity index is 1.60. The van der Waals surface area contributed by atoms with E-state index in [1.165, 1.54) is 0 Å². The van der Waals surface area contributed by atoms with Crippen molar-refractivity contribution in [2.24, 2.45) is 0 Å². The highest BCUT2D eigenvalue weighted by Gasteiger charge is 2.26. The summed E-state index contributed by atoms with van der Waals surface area (Å²) in [6, 6.07) is 6.89. The predicted octanol–water partition coefficient (Wildman–Crippen LogP) is 0.645. The molecule has 1 amide bonds. The molecule has 1 aliphatic heterocycles. The second-order valence-electron chi connectivity index (χ2n) is 6.44. The number of hydrogen-bond donors (Lipinski definition) is 1. The Morgan fingerprint density at radius 1 is 1.23 bits per heavy atom. The van der Waals surface area contributed by atoms with Gasteiger partial charge >= 0.3 is 5.97 Å². The molecule has 0 saturated carbocycles. The van der Waals surface area contributed by atoms with Crippen LogP contribution in [0.4, 0.5) is 0 Å². The van der Waals surface area contributed by atoms with E-state index in [2.05, 4.69) is 10.2 Å². The molecular weight excluding hydrogens is 338 g/mol. The Kier molecular flexibility index (Phi) is 5.32. The highest BCUT2D eigenvalue weighted by molar-refractivity contribution is 5.87. The number of hydrogen-bond acceptors (Lipinski definition) is 6. The zero-order valence-electron chi connectivity index (χ0n) is 14.7. The lowest BCUT2D eigenvalue weighted by Crippen LogP contribution is -2.49. The molecule has 2 atom stereocenters. The molecular formula is C18H21N3O5. The van der Waals surface area contributed by atoms with Crippen molar-refractivity contribution in [3.63, 3.8) is 0 Å². The summed E-state index contributed by atoms with van der Waals surface area (Å²) >= 11 is 0. The fourth-order valence-electron chi connectivity index (χ4n) is 3.11. The van der Waals surface area contributed by atoms with E-state index in [9.17, 15) is 14.4 Å². The summed E-state index contributed by atoms with van der Waals surface area (Å²) in [6.07, 6.45) is -0.217. The Bertz CT molecular complexity index is 869. The number of amides is 1. The maximum atomic E-state index is 12.2. The minimum Gasteiger partial charge on any atom is -0.455 e. The average molecular weight is 359 g/mol. The number of rotatable bonds is 4. The van der Waals surface area contributed by atoms with Crippen LogP contribution in [0.25, 0.3) is 10.8 Å². The van der Waals surface area contributed by atoms with Crippen molar-refractivity contribution >= 4 is 22.6 Å². The minimum absolute atomic E-state index is 0.0462. The van der Waals surface area contributed by atoms with Gasteiger partial charge in [0.2, 0.25) is 0 Å². The molecule has 26 heavy (non-hydrogen) atoms. The van der Waals surface area contributed by atoms with Crippen LogP contribution in [0.5, 0.6) is 0 Å². The third kappa shape index (κ3) is 4.08. The van der Waals surface area contributed by atoms with Crippen LogP contribution in [0, 0.1) is 0 Å². The van der Waals surface area contributed by atoms with E-state index in [0.717, 1.165) is 0 Å². The van der Waals surface area contributed by atoms with E-state index < -0.39 is 5.97 Å². The molecule has 0 bridgehead atoms. The van der Waals surface area contributed by atoms with Crippen molar-refractivity contribution in [3.8, 4) is 0 Å². The van der Waals surface area contributed by atoms with Gasteiger partial charge in [0.1, 0.15) is 0 Å². The fourth-order valence-corrected chi connectivity index (χ4v) is 3.11. The molecule has 0 spiro atoms. The van der Waals surface area contributed by atoms with E-state index in [-0.39, 0.29) is 36.7 Å². The zero-order chi connectivity index (χ0) is 18.7. The maximum Gasteiger partial charge on any atom is 0.312 e. The van der Waals surface area contributed by atoms with E-state index in [1.807, 2.05) is 13.8 Å². The van der Waals surface area contributed by atoms with Gasteiger partial charge in [-0.3, -0.25) is 14.4 Å². The minimum atomic E-state index is -0.572. The van der Waals surface area contributed by atoms with Crippen LogP contribution >= 0.6 is 0 Å². The van der Waals surface area contributed by atoms with E-state index in [0.29, 0.717) is 29.6 Å². The van der Waals surface area contributed by atoms with Gasteiger partial charge in [-0.25, -0.2) is 5.10 Å². The highest BCUT2D eigenvalue weighted by atomic mass is 16.5. The van der Waals surface area contributed by atoms with Gasteiger partial charge in [-0.1, -0.05) is 18.2 Å². The van der Waals surface area contributed by atoms with Crippen molar-refractivity contribution in [1.82, 2.24) is 15.1 Å². The Morgan fingerprint density at radius 2 is 1.88 bits per heavy atom. The van der Waals surface area contributed by atoms with Crippen LogP contribution in [-0.2, 0) is 25.5 Å². The molecule has 2 aromatic rings. The summed E-state index contributed by atoms with van der Waals surface area (Å²) in [5, 5.41) is 7.35. The number of carbonyl (C=O) groups is 2. The van der Waals surface area contributed by atoms with Crippen LogP contribution in [0.3, 0.4) is 0 Å². The van der Waals surface area contributed by atoms with Crippen LogP contribution in [0.2, 0.25) is 0 Å². The number of nitrogens with one attached hydrogen (secondary N) is 1. The number of morpholine rings is 1. The fraction of sp³-hybridized carbons (Fsp3) is 0.444. The van der Waals surface area contributed by atoms with Crippen molar-refractivity contribution in [2.45, 2.75) is 32.5 Å². The number of ether oxygens (including phenoxy) is 2. The van der Waals surface area contributed by atoms with Crippen LogP contribution in [0.15, 0.2) is 29.1 Å². The third-order valence-corrected chi connectivity index (χ3v) is 4.22. The van der Waals surface area contributed by atoms with E-state index in [4.69, 9.17) is 9.47 Å². The first-order valence-electron chi connectivity index (χ1n) is 8.49. The van der Waals surface area contributed by atoms with Gasteiger partial charge in [-0.2, -0.15) is 5.10 Å². The van der Waals surface area contributed by atoms with Crippen LogP contribution < -0.4 is 5.56 Å². The number of aromatic nitrogens is 2. The molecule has 3 rings (SSSR count). The first kappa shape index (κ1) is 18.1. The topological polar surface area (TPSA) is 102 Å². The first-order chi connectivity index (χ1) is 12.4. The number of aromatic amines is 1. The van der Waals surface area contributed by atoms with Gasteiger partial charge in [-0.15, -0.1) is 0 Å². The number of esters is 1. The number of benzene rings is 1. The van der Waals surface area contributed by atoms with Crippen LogP contribution in [-0.4, -0.2) is 58.9 Å². The second kappa shape index (κ2) is 7.65. The monoisotopic (exact) mass is 359 g/mol. The van der Waals surface area contributed by atoms with Gasteiger partial charge in [0.25, 0.3) is 11.5 Å². The number of carbonyl (C=O) groups excluding carboxylic acids is 2. The summed E-state index contributed by atoms with van der Waals surface area (Å²) in [5.74, 6) is -0.822. The van der Waals surface area contributed by atoms with Gasteiger partial charge < -0.3 is 14.4 Å². The molecule has 1 N–H and O–H groups in total. The lowest BCUT2D eigenvalue weighted by Gasteiger charge is -2.35. The van der Waals surface area contributed by atoms with Crippen LogP contribution in [0.1, 0.15) is 19.5 Å². The molecule has 0 unspecified atom stereocenters. The average Bonchev–Trinajstić information content (AvgIpc) is 2.61. The van der Waals surface area contributed by atoms with Crippen molar-refractivity contribution in [3.05, 3.63) is 40.3 Å². The maximum absolute atomic E-state index is 12.2. The molecule has 1 aromatic carbocycles. The molecule has 2 heterocycles. The molecule has 1 fully saturated rings. The Labute approximate surface area is 150 Å². The SMILES string of the molecule is C[C@@H]1CN(C(=O)COC(=O)Cc2n[nH]c(=O)c3ccccc23)C[C@@H](C)O1. The summed E-state index contributed by atoms with van der Waals surface area (Å²) in [5.41, 5.74) is 0.0923. The highest BCUT2D eigenvalue weighted by Crippen LogP contribution is 2.14. The Morgan fingerprint density at radius 3 is 2.58 bits per heavy atom. The zero-order valence-corrected chi connectivity index (χ0v) is 14.7. The normalized spacial score (nSPS) is 20.2. The predicted molar refractivity (Wildman–Crippen MR) is 93.6 cm³/mol. The number of H-pyrrole nitrogens is 1. The number of fused-ring (bicyclic) bond motifs is 1. The molecule has 1 aromatic heterocycles. The third-order valence-electron chi connectivity index (χ3n) is 4.22. The summed E-state index contributed by atoms with van der Waals surface area (Å²) in [6.45, 7) is 4.43. The summed E-state index contributed by atoms with van der Waals surface area (Å²) in [7, 11) is 0. The van der Waals surface area contributed by atoms with E-state index in [1.54, 1.807) is 29.2 Å². The smallest absolute Gasteiger partial charge is 0.312 e. The van der Waals surface area contributed by atoms with Gasteiger partial charge in [0.15, 0.2) is 6.61 Å².